The van der Waals surface area contributed by atoms with E-state index in [4.69, 9.17) is 0 Å². The van der Waals surface area contributed by atoms with E-state index in [-0.39, 0.29) is 0 Å². The average molecular weight is 216 g/mol. The Hall–Kier alpha value is -1.58. The van der Waals surface area contributed by atoms with Gasteiger partial charge >= 0.3 is 0 Å². The maximum atomic E-state index is 4.62. The Labute approximate surface area is 94.7 Å². The molecule has 1 N–H and O–H groups in total. The van der Waals surface area contributed by atoms with Crippen molar-refractivity contribution in [3.05, 3.63) is 18.5 Å². The van der Waals surface area contributed by atoms with Gasteiger partial charge in [0.05, 0.1) is 6.33 Å². The molecule has 4 nitrogen and oxygen atoms in total. The Bertz CT molecular complexity index is 490. The molecule has 3 heterocycles. The fraction of sp³-hybridized carbons (Fsp3) is 0.500. The van der Waals surface area contributed by atoms with E-state index in [1.807, 2.05) is 6.07 Å². The van der Waals surface area contributed by atoms with E-state index in [1.54, 1.807) is 6.33 Å². The second-order valence-electron chi connectivity index (χ2n) is 4.34. The van der Waals surface area contributed by atoms with Crippen LogP contribution in [-0.2, 0) is 0 Å². The van der Waals surface area contributed by atoms with Crippen molar-refractivity contribution in [2.45, 2.75) is 32.2 Å². The Kier molecular flexibility index (Phi) is 2.27. The van der Waals surface area contributed by atoms with Gasteiger partial charge in [-0.3, -0.25) is 0 Å². The minimum absolute atomic E-state index is 0.660. The molecule has 0 amide bonds. The molecule has 2 aromatic heterocycles. The molecule has 0 spiro atoms. The number of anilines is 1. The van der Waals surface area contributed by atoms with Crippen molar-refractivity contribution in [2.75, 3.05) is 11.4 Å². The molecule has 84 valence electrons. The van der Waals surface area contributed by atoms with E-state index in [0.717, 1.165) is 23.5 Å². The normalized spacial score (nSPS) is 20.8. The largest absolute Gasteiger partial charge is 0.354 e. The van der Waals surface area contributed by atoms with Gasteiger partial charge in [-0.15, -0.1) is 0 Å². The van der Waals surface area contributed by atoms with Crippen LogP contribution in [0.3, 0.4) is 0 Å². The molecule has 0 saturated carbocycles. The van der Waals surface area contributed by atoms with Gasteiger partial charge in [-0.05, 0) is 31.4 Å². The number of H-pyrrole nitrogens is 1. The zero-order valence-corrected chi connectivity index (χ0v) is 9.48. The summed E-state index contributed by atoms with van der Waals surface area (Å²) in [4.78, 5) is 14.3. The van der Waals surface area contributed by atoms with Crippen LogP contribution in [0.4, 0.5) is 5.82 Å². The number of pyridine rings is 1. The standard InChI is InChI=1S/C12H16N4/c1-2-9-4-3-7-16(9)11-6-5-10-12(15-11)14-8-13-10/h5-6,8-9H,2-4,7H2,1H3,(H,13,14,15)/t9-/m0/s1. The predicted molar refractivity (Wildman–Crippen MR) is 64.5 cm³/mol. The lowest BCUT2D eigenvalue weighted by molar-refractivity contribution is 0.641. The van der Waals surface area contributed by atoms with E-state index in [9.17, 15) is 0 Å². The number of nitrogens with zero attached hydrogens (tertiary/aromatic N) is 3. The first kappa shape index (κ1) is 9.63. The summed E-state index contributed by atoms with van der Waals surface area (Å²) in [6, 6.07) is 4.78. The zero-order chi connectivity index (χ0) is 11.0. The highest BCUT2D eigenvalue weighted by Gasteiger charge is 2.24. The van der Waals surface area contributed by atoms with E-state index in [2.05, 4.69) is 32.8 Å². The highest BCUT2D eigenvalue weighted by molar-refractivity contribution is 5.72. The van der Waals surface area contributed by atoms with Gasteiger partial charge in [-0.1, -0.05) is 6.92 Å². The molecule has 2 aromatic rings. The number of aromatic amines is 1. The van der Waals surface area contributed by atoms with Gasteiger partial charge in [-0.2, -0.15) is 0 Å². The molecule has 0 aliphatic carbocycles. The summed E-state index contributed by atoms with van der Waals surface area (Å²) < 4.78 is 0. The minimum Gasteiger partial charge on any atom is -0.354 e. The molecule has 16 heavy (non-hydrogen) atoms. The molecule has 4 heteroatoms. The molecule has 0 bridgehead atoms. The minimum atomic E-state index is 0.660. The van der Waals surface area contributed by atoms with Crippen LogP contribution in [0.25, 0.3) is 11.2 Å². The van der Waals surface area contributed by atoms with E-state index >= 15 is 0 Å². The Morgan fingerprint density at radius 1 is 1.50 bits per heavy atom. The molecular weight excluding hydrogens is 200 g/mol. The van der Waals surface area contributed by atoms with Gasteiger partial charge in [0.25, 0.3) is 0 Å². The van der Waals surface area contributed by atoms with Gasteiger partial charge in [0.2, 0.25) is 0 Å². The summed E-state index contributed by atoms with van der Waals surface area (Å²) >= 11 is 0. The molecule has 1 fully saturated rings. The van der Waals surface area contributed by atoms with Crippen LogP contribution in [0.5, 0.6) is 0 Å². The van der Waals surface area contributed by atoms with E-state index in [1.165, 1.54) is 19.3 Å². The summed E-state index contributed by atoms with van der Waals surface area (Å²) in [6.45, 7) is 3.38. The molecule has 1 atom stereocenters. The van der Waals surface area contributed by atoms with E-state index < -0.39 is 0 Å². The number of nitrogens with one attached hydrogen (secondary N) is 1. The second-order valence-corrected chi connectivity index (χ2v) is 4.34. The van der Waals surface area contributed by atoms with Gasteiger partial charge in [0.1, 0.15) is 11.3 Å². The van der Waals surface area contributed by atoms with Gasteiger partial charge < -0.3 is 9.88 Å². The number of hydrogen-bond acceptors (Lipinski definition) is 3. The number of aromatic nitrogens is 3. The first-order chi connectivity index (χ1) is 7.88. The SMILES string of the molecule is CC[C@H]1CCCN1c1ccc2nc[nH]c2n1. The van der Waals surface area contributed by atoms with Crippen molar-refractivity contribution >= 4 is 17.0 Å². The van der Waals surface area contributed by atoms with Crippen LogP contribution in [-0.4, -0.2) is 27.5 Å². The number of imidazole rings is 1. The summed E-state index contributed by atoms with van der Waals surface area (Å²) in [6.07, 6.45) is 5.46. The van der Waals surface area contributed by atoms with Crippen LogP contribution >= 0.6 is 0 Å². The van der Waals surface area contributed by atoms with Crippen LogP contribution in [0.2, 0.25) is 0 Å². The highest BCUT2D eigenvalue weighted by Crippen LogP contribution is 2.26. The smallest absolute Gasteiger partial charge is 0.159 e. The predicted octanol–water partition coefficient (Wildman–Crippen LogP) is 2.34. The highest BCUT2D eigenvalue weighted by atomic mass is 15.2. The summed E-state index contributed by atoms with van der Waals surface area (Å²) in [5.41, 5.74) is 1.83. The zero-order valence-electron chi connectivity index (χ0n) is 9.48. The molecule has 1 saturated heterocycles. The van der Waals surface area contributed by atoms with Crippen LogP contribution < -0.4 is 4.90 Å². The first-order valence-corrected chi connectivity index (χ1v) is 5.95. The lowest BCUT2D eigenvalue weighted by Crippen LogP contribution is -2.29. The van der Waals surface area contributed by atoms with Gasteiger partial charge in [-0.25, -0.2) is 9.97 Å². The van der Waals surface area contributed by atoms with Crippen molar-refractivity contribution in [3.63, 3.8) is 0 Å². The van der Waals surface area contributed by atoms with Crippen molar-refractivity contribution < 1.29 is 0 Å². The quantitative estimate of drug-likeness (QED) is 0.838. The van der Waals surface area contributed by atoms with Crippen molar-refractivity contribution in [2.24, 2.45) is 0 Å². The fourth-order valence-corrected chi connectivity index (χ4v) is 2.54. The fourth-order valence-electron chi connectivity index (χ4n) is 2.54. The van der Waals surface area contributed by atoms with Gasteiger partial charge in [0, 0.05) is 12.6 Å². The second kappa shape index (κ2) is 3.77. The van der Waals surface area contributed by atoms with E-state index in [0.29, 0.717) is 6.04 Å². The Morgan fingerprint density at radius 3 is 3.31 bits per heavy atom. The molecular formula is C12H16N4. The van der Waals surface area contributed by atoms with Crippen LogP contribution in [0.15, 0.2) is 18.5 Å². The summed E-state index contributed by atoms with van der Waals surface area (Å²) in [7, 11) is 0. The molecule has 1 aliphatic heterocycles. The van der Waals surface area contributed by atoms with Crippen molar-refractivity contribution in [3.8, 4) is 0 Å². The first-order valence-electron chi connectivity index (χ1n) is 5.95. The maximum Gasteiger partial charge on any atom is 0.159 e. The third-order valence-corrected chi connectivity index (χ3v) is 3.41. The van der Waals surface area contributed by atoms with Crippen molar-refractivity contribution in [1.29, 1.82) is 0 Å². The molecule has 0 aromatic carbocycles. The Morgan fingerprint density at radius 2 is 2.44 bits per heavy atom. The number of fused-ring (bicyclic) bond motifs is 1. The lowest BCUT2D eigenvalue weighted by Gasteiger charge is -2.24. The molecule has 3 rings (SSSR count). The molecule has 0 unspecified atom stereocenters. The third-order valence-electron chi connectivity index (χ3n) is 3.41. The Balaban J connectivity index is 1.98. The summed E-state index contributed by atoms with van der Waals surface area (Å²) in [5.74, 6) is 1.08. The number of rotatable bonds is 2. The van der Waals surface area contributed by atoms with Crippen molar-refractivity contribution in [1.82, 2.24) is 15.0 Å². The topological polar surface area (TPSA) is 44.8 Å². The number of hydrogen-bond donors (Lipinski definition) is 1. The van der Waals surface area contributed by atoms with Gasteiger partial charge in [0.15, 0.2) is 5.65 Å². The molecule has 0 radical (unpaired) electrons. The maximum absolute atomic E-state index is 4.62. The lowest BCUT2D eigenvalue weighted by atomic mass is 10.2. The van der Waals surface area contributed by atoms with Crippen LogP contribution in [0.1, 0.15) is 26.2 Å². The summed E-state index contributed by atoms with van der Waals surface area (Å²) in [5, 5.41) is 0. The van der Waals surface area contributed by atoms with Crippen LogP contribution in [0, 0.1) is 0 Å². The third kappa shape index (κ3) is 1.45. The monoisotopic (exact) mass is 216 g/mol. The molecule has 1 aliphatic rings. The average Bonchev–Trinajstić information content (AvgIpc) is 2.96.